The Morgan fingerprint density at radius 2 is 2.00 bits per heavy atom. The van der Waals surface area contributed by atoms with E-state index in [0.29, 0.717) is 17.6 Å². The smallest absolute Gasteiger partial charge is 0.221 e. The second-order valence-electron chi connectivity index (χ2n) is 3.04. The third-order valence-corrected chi connectivity index (χ3v) is 2.21. The van der Waals surface area contributed by atoms with Crippen LogP contribution in [-0.2, 0) is 6.42 Å². The van der Waals surface area contributed by atoms with E-state index in [4.69, 9.17) is 16.3 Å². The molecule has 0 amide bonds. The van der Waals surface area contributed by atoms with Crippen LogP contribution in [-0.4, -0.2) is 16.6 Å². The molecule has 4 heteroatoms. The predicted octanol–water partition coefficient (Wildman–Crippen LogP) is 2.79. The van der Waals surface area contributed by atoms with Crippen molar-refractivity contribution in [3.63, 3.8) is 0 Å². The average molecular weight is 215 g/mol. The van der Waals surface area contributed by atoms with Gasteiger partial charge in [-0.3, -0.25) is 0 Å². The highest BCUT2D eigenvalue weighted by Crippen LogP contribution is 2.22. The van der Waals surface area contributed by atoms with Gasteiger partial charge >= 0.3 is 0 Å². The van der Waals surface area contributed by atoms with Crippen molar-refractivity contribution in [1.82, 2.24) is 9.97 Å². The lowest BCUT2D eigenvalue weighted by atomic mass is 10.3. The van der Waals surface area contributed by atoms with E-state index in [1.807, 2.05) is 13.8 Å². The summed E-state index contributed by atoms with van der Waals surface area (Å²) in [5.41, 5.74) is 0.813. The summed E-state index contributed by atoms with van der Waals surface area (Å²) in [6.07, 6.45) is 1.84. The molecule has 0 aliphatic carbocycles. The number of hydrogen-bond donors (Lipinski definition) is 0. The lowest BCUT2D eigenvalue weighted by molar-refractivity contribution is 0.322. The van der Waals surface area contributed by atoms with Crippen molar-refractivity contribution >= 4 is 11.6 Å². The van der Waals surface area contributed by atoms with Gasteiger partial charge in [-0.05, 0) is 20.3 Å². The number of rotatable bonds is 4. The van der Waals surface area contributed by atoms with Gasteiger partial charge in [0.05, 0.1) is 6.61 Å². The van der Waals surface area contributed by atoms with Gasteiger partial charge in [-0.2, -0.15) is 4.98 Å². The molecule has 0 N–H and O–H groups in total. The maximum atomic E-state index is 5.96. The molecule has 1 rings (SSSR count). The minimum absolute atomic E-state index is 0.493. The number of ether oxygens (including phenoxy) is 1. The van der Waals surface area contributed by atoms with E-state index in [-0.39, 0.29) is 0 Å². The molecule has 0 fully saturated rings. The highest BCUT2D eigenvalue weighted by Gasteiger charge is 2.09. The molecule has 78 valence electrons. The van der Waals surface area contributed by atoms with Gasteiger partial charge < -0.3 is 4.74 Å². The van der Waals surface area contributed by atoms with Gasteiger partial charge in [-0.1, -0.05) is 18.5 Å². The maximum Gasteiger partial charge on any atom is 0.221 e. The fraction of sp³-hybridized carbons (Fsp3) is 0.600. The van der Waals surface area contributed by atoms with Crippen LogP contribution in [0.2, 0.25) is 5.15 Å². The molecule has 0 saturated carbocycles. The van der Waals surface area contributed by atoms with Crippen LogP contribution >= 0.6 is 11.6 Å². The van der Waals surface area contributed by atoms with Crippen LogP contribution in [0.4, 0.5) is 0 Å². The molecule has 0 saturated heterocycles. The van der Waals surface area contributed by atoms with E-state index in [9.17, 15) is 0 Å². The minimum Gasteiger partial charge on any atom is -0.478 e. The number of aryl methyl sites for hydroxylation is 1. The van der Waals surface area contributed by atoms with Crippen molar-refractivity contribution in [2.45, 2.75) is 33.6 Å². The van der Waals surface area contributed by atoms with Crippen LogP contribution in [0.5, 0.6) is 5.88 Å². The third kappa shape index (κ3) is 2.58. The zero-order valence-electron chi connectivity index (χ0n) is 8.80. The molecule has 3 nitrogen and oxygen atoms in total. The minimum atomic E-state index is 0.493. The van der Waals surface area contributed by atoms with Crippen LogP contribution in [0.3, 0.4) is 0 Å². The maximum absolute atomic E-state index is 5.96. The van der Waals surface area contributed by atoms with Crippen LogP contribution in [0.1, 0.15) is 31.7 Å². The Morgan fingerprint density at radius 3 is 2.57 bits per heavy atom. The van der Waals surface area contributed by atoms with Crippen molar-refractivity contribution in [3.8, 4) is 5.88 Å². The summed E-state index contributed by atoms with van der Waals surface area (Å²) >= 11 is 5.96. The Kier molecular flexibility index (Phi) is 4.14. The molecule has 0 aliphatic rings. The zero-order valence-corrected chi connectivity index (χ0v) is 9.56. The lowest BCUT2D eigenvalue weighted by Crippen LogP contribution is -2.03. The van der Waals surface area contributed by atoms with Gasteiger partial charge in [0.2, 0.25) is 5.88 Å². The van der Waals surface area contributed by atoms with Crippen LogP contribution in [0.25, 0.3) is 0 Å². The molecule has 1 aromatic rings. The molecule has 0 aromatic carbocycles. The van der Waals surface area contributed by atoms with E-state index >= 15 is 0 Å². The number of aromatic nitrogens is 2. The van der Waals surface area contributed by atoms with Crippen LogP contribution in [0.15, 0.2) is 0 Å². The first-order chi connectivity index (χ1) is 6.69. The molecule has 0 atom stereocenters. The standard InChI is InChI=1S/C10H15ClN2O/c1-4-6-8-12-9(11)7(3)10(13-8)14-5-2/h4-6H2,1-3H3. The molecule has 1 aromatic heterocycles. The van der Waals surface area contributed by atoms with E-state index < -0.39 is 0 Å². The van der Waals surface area contributed by atoms with Gasteiger partial charge in [0.15, 0.2) is 0 Å². The Labute approximate surface area is 89.5 Å². The molecule has 1 heterocycles. The summed E-state index contributed by atoms with van der Waals surface area (Å²) in [5, 5.41) is 0.493. The van der Waals surface area contributed by atoms with Gasteiger partial charge in [-0.25, -0.2) is 4.98 Å². The Bertz CT molecular complexity index is 315. The Morgan fingerprint density at radius 1 is 1.29 bits per heavy atom. The third-order valence-electron chi connectivity index (χ3n) is 1.84. The fourth-order valence-electron chi connectivity index (χ4n) is 1.12. The number of halogens is 1. The van der Waals surface area contributed by atoms with Crippen LogP contribution in [0, 0.1) is 6.92 Å². The monoisotopic (exact) mass is 214 g/mol. The molecule has 0 aliphatic heterocycles. The predicted molar refractivity (Wildman–Crippen MR) is 56.9 cm³/mol. The van der Waals surface area contributed by atoms with Gasteiger partial charge in [-0.15, -0.1) is 0 Å². The lowest BCUT2D eigenvalue weighted by Gasteiger charge is -2.08. The van der Waals surface area contributed by atoms with Crippen LogP contribution < -0.4 is 4.74 Å². The van der Waals surface area contributed by atoms with Crippen molar-refractivity contribution in [1.29, 1.82) is 0 Å². The molecule has 14 heavy (non-hydrogen) atoms. The molecule has 0 unspecified atom stereocenters. The topological polar surface area (TPSA) is 35.0 Å². The highest BCUT2D eigenvalue weighted by atomic mass is 35.5. The molecular weight excluding hydrogens is 200 g/mol. The summed E-state index contributed by atoms with van der Waals surface area (Å²) in [6, 6.07) is 0. The second kappa shape index (κ2) is 5.15. The summed E-state index contributed by atoms with van der Waals surface area (Å²) in [4.78, 5) is 8.47. The molecule has 0 radical (unpaired) electrons. The first kappa shape index (κ1) is 11.2. The Balaban J connectivity index is 3.01. The molecular formula is C10H15ClN2O. The molecule has 0 bridgehead atoms. The van der Waals surface area contributed by atoms with E-state index in [1.54, 1.807) is 0 Å². The van der Waals surface area contributed by atoms with Crippen molar-refractivity contribution in [2.75, 3.05) is 6.61 Å². The Hall–Kier alpha value is -0.830. The largest absolute Gasteiger partial charge is 0.478 e. The normalized spacial score (nSPS) is 10.3. The van der Waals surface area contributed by atoms with E-state index in [2.05, 4.69) is 16.9 Å². The van der Waals surface area contributed by atoms with Gasteiger partial charge in [0.1, 0.15) is 11.0 Å². The first-order valence-electron chi connectivity index (χ1n) is 4.84. The highest BCUT2D eigenvalue weighted by molar-refractivity contribution is 6.30. The van der Waals surface area contributed by atoms with Crippen molar-refractivity contribution in [3.05, 3.63) is 16.5 Å². The first-order valence-corrected chi connectivity index (χ1v) is 5.22. The summed E-state index contributed by atoms with van der Waals surface area (Å²) < 4.78 is 5.37. The summed E-state index contributed by atoms with van der Waals surface area (Å²) in [7, 11) is 0. The SMILES string of the molecule is CCCc1nc(Cl)c(C)c(OCC)n1. The summed E-state index contributed by atoms with van der Waals surface area (Å²) in [6.45, 7) is 6.47. The average Bonchev–Trinajstić information content (AvgIpc) is 2.14. The summed E-state index contributed by atoms with van der Waals surface area (Å²) in [5.74, 6) is 1.36. The van der Waals surface area contributed by atoms with Gasteiger partial charge in [0.25, 0.3) is 0 Å². The van der Waals surface area contributed by atoms with Gasteiger partial charge in [0, 0.05) is 12.0 Å². The fourth-order valence-corrected chi connectivity index (χ4v) is 1.30. The molecule has 0 spiro atoms. The number of hydrogen-bond acceptors (Lipinski definition) is 3. The second-order valence-corrected chi connectivity index (χ2v) is 3.40. The quantitative estimate of drug-likeness (QED) is 0.723. The zero-order chi connectivity index (χ0) is 10.6. The van der Waals surface area contributed by atoms with Crippen molar-refractivity contribution in [2.24, 2.45) is 0 Å². The van der Waals surface area contributed by atoms with E-state index in [1.165, 1.54) is 0 Å². The van der Waals surface area contributed by atoms with E-state index in [0.717, 1.165) is 24.2 Å². The number of nitrogens with zero attached hydrogens (tertiary/aromatic N) is 2. The van der Waals surface area contributed by atoms with Crippen molar-refractivity contribution < 1.29 is 4.74 Å².